The van der Waals surface area contributed by atoms with Crippen LogP contribution in [0.3, 0.4) is 0 Å². The summed E-state index contributed by atoms with van der Waals surface area (Å²) in [4.78, 5) is 19.5. The molecule has 0 aliphatic carbocycles. The van der Waals surface area contributed by atoms with Crippen molar-refractivity contribution in [2.24, 2.45) is 5.92 Å². The van der Waals surface area contributed by atoms with Crippen LogP contribution in [-0.4, -0.2) is 34.2 Å². The molecular formula is C21H24N4O3. The number of carbonyl (C=O) groups excluding carboxylic acids is 1. The van der Waals surface area contributed by atoms with Crippen molar-refractivity contribution in [1.82, 2.24) is 10.1 Å². The first-order chi connectivity index (χ1) is 13.6. The first-order valence-corrected chi connectivity index (χ1v) is 9.66. The van der Waals surface area contributed by atoms with Crippen LogP contribution in [0.4, 0.5) is 11.5 Å². The van der Waals surface area contributed by atoms with Gasteiger partial charge >= 0.3 is 0 Å². The molecule has 1 saturated heterocycles. The number of para-hydroxylation sites is 1. The van der Waals surface area contributed by atoms with Crippen LogP contribution in [0.25, 0.3) is 10.9 Å². The summed E-state index contributed by atoms with van der Waals surface area (Å²) >= 11 is 0. The molecular weight excluding hydrogens is 356 g/mol. The van der Waals surface area contributed by atoms with E-state index in [-0.39, 0.29) is 17.6 Å². The van der Waals surface area contributed by atoms with E-state index >= 15 is 0 Å². The van der Waals surface area contributed by atoms with Crippen molar-refractivity contribution in [3.8, 4) is 5.75 Å². The van der Waals surface area contributed by atoms with Crippen LogP contribution >= 0.6 is 0 Å². The number of phenolic OH excluding ortho intramolecular Hbond substituents is 1. The Bertz CT molecular complexity index is 1010. The summed E-state index contributed by atoms with van der Waals surface area (Å²) in [5.41, 5.74) is 2.10. The van der Waals surface area contributed by atoms with Crippen molar-refractivity contribution < 1.29 is 14.4 Å². The standard InChI is InChI=1S/C21H24N4O3/c1-3-16-19(13(2)28-24-16)23-21(27)15-9-11-25(12-10-15)18-8-7-14-5-4-6-17(26)20(14)22-18/h4-8,15,26H,3,9-12H2,1-2H3,(H,23,27). The number of carbonyl (C=O) groups is 1. The molecule has 1 amide bonds. The van der Waals surface area contributed by atoms with E-state index in [4.69, 9.17) is 4.52 Å². The molecule has 0 spiro atoms. The van der Waals surface area contributed by atoms with Crippen molar-refractivity contribution in [2.75, 3.05) is 23.3 Å². The predicted molar refractivity (Wildman–Crippen MR) is 108 cm³/mol. The lowest BCUT2D eigenvalue weighted by Crippen LogP contribution is -2.38. The number of fused-ring (bicyclic) bond motifs is 1. The fourth-order valence-corrected chi connectivity index (χ4v) is 3.71. The van der Waals surface area contributed by atoms with Gasteiger partial charge in [0.05, 0.1) is 0 Å². The molecule has 1 fully saturated rings. The molecule has 3 aromatic rings. The number of hydrogen-bond donors (Lipinski definition) is 2. The van der Waals surface area contributed by atoms with E-state index in [0.717, 1.165) is 42.8 Å². The third kappa shape index (κ3) is 3.40. The van der Waals surface area contributed by atoms with Gasteiger partial charge in [-0.2, -0.15) is 0 Å². The molecule has 1 aliphatic rings. The Morgan fingerprint density at radius 1 is 1.29 bits per heavy atom. The fourth-order valence-electron chi connectivity index (χ4n) is 3.71. The predicted octanol–water partition coefficient (Wildman–Crippen LogP) is 3.65. The largest absolute Gasteiger partial charge is 0.506 e. The summed E-state index contributed by atoms with van der Waals surface area (Å²) in [6.07, 6.45) is 2.21. The minimum Gasteiger partial charge on any atom is -0.506 e. The number of pyridine rings is 1. The smallest absolute Gasteiger partial charge is 0.227 e. The van der Waals surface area contributed by atoms with E-state index in [1.165, 1.54) is 0 Å². The van der Waals surface area contributed by atoms with Gasteiger partial charge in [0.1, 0.15) is 28.5 Å². The van der Waals surface area contributed by atoms with Gasteiger partial charge in [0.15, 0.2) is 5.76 Å². The van der Waals surface area contributed by atoms with Crippen molar-refractivity contribution in [3.05, 3.63) is 41.8 Å². The van der Waals surface area contributed by atoms with Crippen LogP contribution in [0, 0.1) is 12.8 Å². The lowest BCUT2D eigenvalue weighted by molar-refractivity contribution is -0.120. The van der Waals surface area contributed by atoms with E-state index in [1.54, 1.807) is 6.07 Å². The van der Waals surface area contributed by atoms with Crippen LogP contribution in [0.5, 0.6) is 5.75 Å². The van der Waals surface area contributed by atoms with Crippen LogP contribution in [-0.2, 0) is 11.2 Å². The maximum atomic E-state index is 12.7. The third-order valence-electron chi connectivity index (χ3n) is 5.39. The topological polar surface area (TPSA) is 91.5 Å². The minimum atomic E-state index is -0.0517. The van der Waals surface area contributed by atoms with Crippen molar-refractivity contribution in [2.45, 2.75) is 33.1 Å². The van der Waals surface area contributed by atoms with Gasteiger partial charge in [0.2, 0.25) is 5.91 Å². The Balaban J connectivity index is 1.42. The highest BCUT2D eigenvalue weighted by Gasteiger charge is 2.27. The van der Waals surface area contributed by atoms with Crippen LogP contribution in [0.2, 0.25) is 0 Å². The van der Waals surface area contributed by atoms with Gasteiger partial charge in [-0.1, -0.05) is 24.2 Å². The maximum Gasteiger partial charge on any atom is 0.227 e. The van der Waals surface area contributed by atoms with E-state index in [2.05, 4.69) is 20.4 Å². The first kappa shape index (κ1) is 18.3. The van der Waals surface area contributed by atoms with Gasteiger partial charge in [-0.05, 0) is 44.4 Å². The second-order valence-corrected chi connectivity index (χ2v) is 7.18. The molecule has 1 aliphatic heterocycles. The number of aromatic nitrogens is 2. The number of phenols is 1. The molecule has 2 N–H and O–H groups in total. The third-order valence-corrected chi connectivity index (χ3v) is 5.39. The normalized spacial score (nSPS) is 15.1. The van der Waals surface area contributed by atoms with Gasteiger partial charge in [0, 0.05) is 24.4 Å². The number of amides is 1. The second kappa shape index (κ2) is 7.50. The molecule has 4 rings (SSSR count). The number of aromatic hydroxyl groups is 1. The second-order valence-electron chi connectivity index (χ2n) is 7.18. The van der Waals surface area contributed by atoms with Crippen molar-refractivity contribution >= 4 is 28.3 Å². The average Bonchev–Trinajstić information content (AvgIpc) is 3.07. The van der Waals surface area contributed by atoms with Gasteiger partial charge in [-0.3, -0.25) is 4.79 Å². The summed E-state index contributed by atoms with van der Waals surface area (Å²) < 4.78 is 5.19. The molecule has 0 radical (unpaired) electrons. The quantitative estimate of drug-likeness (QED) is 0.718. The molecule has 146 valence electrons. The summed E-state index contributed by atoms with van der Waals surface area (Å²) in [6.45, 7) is 5.28. The number of benzene rings is 1. The SMILES string of the molecule is CCc1noc(C)c1NC(=O)C1CCN(c2ccc3cccc(O)c3n2)CC1. The summed E-state index contributed by atoms with van der Waals surface area (Å²) in [5, 5.41) is 18.0. The monoisotopic (exact) mass is 380 g/mol. The Kier molecular flexibility index (Phi) is 4.90. The minimum absolute atomic E-state index is 0.0183. The number of rotatable bonds is 4. The Hall–Kier alpha value is -3.09. The number of piperidine rings is 1. The number of aryl methyl sites for hydroxylation is 2. The highest BCUT2D eigenvalue weighted by molar-refractivity contribution is 5.93. The Morgan fingerprint density at radius 3 is 2.82 bits per heavy atom. The first-order valence-electron chi connectivity index (χ1n) is 9.66. The number of hydrogen-bond acceptors (Lipinski definition) is 6. The molecule has 1 aromatic carbocycles. The highest BCUT2D eigenvalue weighted by Crippen LogP contribution is 2.29. The number of nitrogens with zero attached hydrogens (tertiary/aromatic N) is 3. The highest BCUT2D eigenvalue weighted by atomic mass is 16.5. The zero-order valence-electron chi connectivity index (χ0n) is 16.1. The van der Waals surface area contributed by atoms with Gasteiger partial charge in [0.25, 0.3) is 0 Å². The maximum absolute atomic E-state index is 12.7. The van der Waals surface area contributed by atoms with Crippen LogP contribution in [0.1, 0.15) is 31.2 Å². The fraction of sp³-hybridized carbons (Fsp3) is 0.381. The van der Waals surface area contributed by atoms with E-state index in [9.17, 15) is 9.90 Å². The number of anilines is 2. The molecule has 0 unspecified atom stereocenters. The molecule has 2 aromatic heterocycles. The molecule has 0 atom stereocenters. The van der Waals surface area contributed by atoms with Crippen molar-refractivity contribution in [1.29, 1.82) is 0 Å². The van der Waals surface area contributed by atoms with E-state index in [1.807, 2.05) is 38.1 Å². The molecule has 7 nitrogen and oxygen atoms in total. The lowest BCUT2D eigenvalue weighted by Gasteiger charge is -2.32. The van der Waals surface area contributed by atoms with Crippen molar-refractivity contribution in [3.63, 3.8) is 0 Å². The summed E-state index contributed by atoms with van der Waals surface area (Å²) in [5.74, 6) is 1.62. The van der Waals surface area contributed by atoms with Gasteiger partial charge < -0.3 is 19.8 Å². The van der Waals surface area contributed by atoms with Crippen LogP contribution < -0.4 is 10.2 Å². The molecule has 0 saturated carbocycles. The molecule has 0 bridgehead atoms. The summed E-state index contributed by atoms with van der Waals surface area (Å²) in [6, 6.07) is 9.32. The van der Waals surface area contributed by atoms with E-state index < -0.39 is 0 Å². The Labute approximate surface area is 163 Å². The zero-order chi connectivity index (χ0) is 19.7. The number of nitrogens with one attached hydrogen (secondary N) is 1. The lowest BCUT2D eigenvalue weighted by atomic mass is 9.95. The molecule has 3 heterocycles. The summed E-state index contributed by atoms with van der Waals surface area (Å²) in [7, 11) is 0. The Morgan fingerprint density at radius 2 is 2.07 bits per heavy atom. The van der Waals surface area contributed by atoms with Gasteiger partial charge in [-0.15, -0.1) is 0 Å². The molecule has 28 heavy (non-hydrogen) atoms. The van der Waals surface area contributed by atoms with Gasteiger partial charge in [-0.25, -0.2) is 4.98 Å². The van der Waals surface area contributed by atoms with E-state index in [0.29, 0.717) is 23.4 Å². The molecule has 7 heteroatoms. The zero-order valence-corrected chi connectivity index (χ0v) is 16.1. The van der Waals surface area contributed by atoms with Crippen LogP contribution in [0.15, 0.2) is 34.9 Å². The average molecular weight is 380 g/mol.